The van der Waals surface area contributed by atoms with E-state index in [9.17, 15) is 0 Å². The lowest BCUT2D eigenvalue weighted by molar-refractivity contribution is -0.910. The first-order chi connectivity index (χ1) is 30.0. The summed E-state index contributed by atoms with van der Waals surface area (Å²) in [6.07, 6.45) is 16.0. The minimum absolute atomic E-state index is 0.848. The molecule has 2 unspecified atom stereocenters. The zero-order valence-corrected chi connectivity index (χ0v) is 60.5. The van der Waals surface area contributed by atoms with Crippen molar-refractivity contribution in [3.05, 3.63) is 0 Å². The Balaban J connectivity index is 7.19. The molecular weight excluding hydrogens is 1020 g/mol. The first-order valence-electron chi connectivity index (χ1n) is 26.9. The molecule has 11 nitrogen and oxygen atoms in total. The molecule has 0 aliphatic rings. The topological polar surface area (TPSA) is 92.3 Å². The van der Waals surface area contributed by atoms with Crippen molar-refractivity contribution in [3.63, 3.8) is 0 Å². The Hall–Kier alpha value is 1.95. The van der Waals surface area contributed by atoms with E-state index in [2.05, 4.69) is 172 Å². The standard InChI is InChI=1S/C45H116NO10Si11/c1-27-31-35-37-40-46(5,41-38-36-32-28-2)42-39-45-66(25,52-63(19,20)50-61(15,16)48-58(9,10)43-33-29-3)53-65(23,24)56-67(26,54-60(13,14)47-57(6,7)8)55-64(21,22)51-62(17,18)49-59(11,12)44-34-30-4/h27-45H2,1-26H3/q+1. The number of hydrogen-bond donors (Lipinski definition) is 0. The van der Waals surface area contributed by atoms with Crippen LogP contribution in [0.2, 0.25) is 156 Å². The second kappa shape index (κ2) is 28.7. The number of nitrogens with zero attached hydrogens (tertiary/aromatic N) is 1. The lowest BCUT2D eigenvalue weighted by atomic mass is 10.1. The van der Waals surface area contributed by atoms with Crippen LogP contribution in [-0.4, -0.2) is 125 Å². The maximum absolute atomic E-state index is 7.59. The van der Waals surface area contributed by atoms with Gasteiger partial charge in [-0.15, -0.1) is 0 Å². The van der Waals surface area contributed by atoms with Crippen molar-refractivity contribution in [3.8, 4) is 0 Å². The van der Waals surface area contributed by atoms with Gasteiger partial charge in [0.25, 0.3) is 0 Å². The third kappa shape index (κ3) is 33.5. The molecule has 0 N–H and O–H groups in total. The molecule has 0 radical (unpaired) electrons. The minimum atomic E-state index is -3.53. The SMILES string of the molecule is CCCCCC[N+](C)(CCCCCC)CCC[Si](C)(O[Si](C)(C)O[Si](C)(C)O[Si](C)(C)CCCC)O[Si](C)(C)O[Si](C)(O[Si](C)(C)O[Si](C)(C)C)O[Si](C)(C)O[Si](C)(C)O[Si](C)(C)CCCC. The number of rotatable bonds is 40. The zero-order chi connectivity index (χ0) is 52.5. The Morgan fingerprint density at radius 2 is 0.582 bits per heavy atom. The Kier molecular flexibility index (Phi) is 29.6. The maximum Gasteiger partial charge on any atom is 0.470 e. The molecule has 0 fully saturated rings. The molecule has 0 saturated carbocycles. The highest BCUT2D eigenvalue weighted by Gasteiger charge is 2.56. The zero-order valence-electron chi connectivity index (χ0n) is 49.5. The average molecular weight is 1140 g/mol. The van der Waals surface area contributed by atoms with Crippen LogP contribution in [0.1, 0.15) is 111 Å². The maximum atomic E-state index is 7.59. The molecule has 0 amide bonds. The lowest BCUT2D eigenvalue weighted by Crippen LogP contribution is -2.66. The molecule has 0 saturated heterocycles. The summed E-state index contributed by atoms with van der Waals surface area (Å²) in [6.45, 7) is 59.0. The first-order valence-corrected chi connectivity index (χ1v) is 58.2. The molecule has 0 heterocycles. The van der Waals surface area contributed by atoms with E-state index in [1.54, 1.807) is 0 Å². The van der Waals surface area contributed by atoms with Crippen LogP contribution >= 0.6 is 0 Å². The highest BCUT2D eigenvalue weighted by Crippen LogP contribution is 2.35. The minimum Gasteiger partial charge on any atom is -0.437 e. The van der Waals surface area contributed by atoms with Crippen LogP contribution in [0.4, 0.5) is 0 Å². The summed E-state index contributed by atoms with van der Waals surface area (Å²) in [7, 11) is -26.6. The fraction of sp³-hybridized carbons (Fsp3) is 1.00. The molecule has 0 spiro atoms. The van der Waals surface area contributed by atoms with E-state index in [1.807, 2.05) is 0 Å². The second-order valence-corrected chi connectivity index (χ2v) is 67.0. The van der Waals surface area contributed by atoms with Gasteiger partial charge < -0.3 is 45.6 Å². The highest BCUT2D eigenvalue weighted by molar-refractivity contribution is 6.94. The number of unbranched alkanes of at least 4 members (excludes halogenated alkanes) is 8. The number of quaternary nitrogens is 1. The van der Waals surface area contributed by atoms with Crippen LogP contribution in [0.25, 0.3) is 0 Å². The molecule has 2 atom stereocenters. The van der Waals surface area contributed by atoms with Crippen molar-refractivity contribution < 1.29 is 45.6 Å². The summed E-state index contributed by atoms with van der Waals surface area (Å²) < 4.78 is 73.2. The predicted molar refractivity (Wildman–Crippen MR) is 315 cm³/mol. The Labute approximate surface area is 430 Å². The van der Waals surface area contributed by atoms with Crippen LogP contribution in [0.15, 0.2) is 0 Å². The first kappa shape index (κ1) is 68.9. The van der Waals surface area contributed by atoms with Crippen LogP contribution in [0.3, 0.4) is 0 Å². The third-order valence-electron chi connectivity index (χ3n) is 11.5. The largest absolute Gasteiger partial charge is 0.470 e. The van der Waals surface area contributed by atoms with Crippen molar-refractivity contribution in [1.82, 2.24) is 0 Å². The molecule has 0 aromatic carbocycles. The third-order valence-corrected chi connectivity index (χ3v) is 54.2. The van der Waals surface area contributed by atoms with Gasteiger partial charge in [0.15, 0.2) is 25.0 Å². The van der Waals surface area contributed by atoms with Gasteiger partial charge in [-0.3, -0.25) is 0 Å². The van der Waals surface area contributed by atoms with Crippen molar-refractivity contribution in [2.24, 2.45) is 0 Å². The monoisotopic (exact) mass is 1140 g/mol. The molecule has 67 heavy (non-hydrogen) atoms. The van der Waals surface area contributed by atoms with E-state index in [0.717, 1.165) is 42.0 Å². The molecule has 22 heteroatoms. The van der Waals surface area contributed by atoms with E-state index < -0.39 is 93.7 Å². The van der Waals surface area contributed by atoms with Gasteiger partial charge >= 0.3 is 68.7 Å². The van der Waals surface area contributed by atoms with Gasteiger partial charge in [-0.05, 0) is 181 Å². The van der Waals surface area contributed by atoms with Crippen LogP contribution in [-0.2, 0) is 41.2 Å². The van der Waals surface area contributed by atoms with Gasteiger partial charge in [-0.2, -0.15) is 0 Å². The molecule has 0 aliphatic heterocycles. The van der Waals surface area contributed by atoms with E-state index in [0.29, 0.717) is 0 Å². The Morgan fingerprint density at radius 1 is 0.284 bits per heavy atom. The highest BCUT2D eigenvalue weighted by atomic mass is 28.5. The van der Waals surface area contributed by atoms with E-state index >= 15 is 0 Å². The van der Waals surface area contributed by atoms with Crippen molar-refractivity contribution in [2.75, 3.05) is 26.7 Å². The van der Waals surface area contributed by atoms with E-state index in [-0.39, 0.29) is 0 Å². The predicted octanol–water partition coefficient (Wildman–Crippen LogP) is 15.8. The van der Waals surface area contributed by atoms with Crippen LogP contribution in [0.5, 0.6) is 0 Å². The summed E-state index contributed by atoms with van der Waals surface area (Å²) in [6, 6.07) is 3.10. The molecular formula is C45H116NO10Si11+. The quantitative estimate of drug-likeness (QED) is 0.0336. The smallest absolute Gasteiger partial charge is 0.437 e. The molecule has 0 aromatic rings. The Morgan fingerprint density at radius 3 is 0.925 bits per heavy atom. The summed E-state index contributed by atoms with van der Waals surface area (Å²) in [5, 5.41) is 0. The number of hydrogen-bond acceptors (Lipinski definition) is 10. The fourth-order valence-corrected chi connectivity index (χ4v) is 65.5. The molecule has 0 bridgehead atoms. The molecule has 0 aliphatic carbocycles. The summed E-state index contributed by atoms with van der Waals surface area (Å²) in [5.74, 6) is 0. The van der Waals surface area contributed by atoms with Gasteiger partial charge in [0.05, 0.1) is 26.7 Å². The second-order valence-electron chi connectivity index (χ2n) is 25.3. The normalized spacial score (nSPS) is 16.4. The van der Waals surface area contributed by atoms with Gasteiger partial charge in [-0.25, -0.2) is 0 Å². The van der Waals surface area contributed by atoms with Crippen LogP contribution in [0, 0.1) is 0 Å². The van der Waals surface area contributed by atoms with Gasteiger partial charge in [0.1, 0.15) is 0 Å². The van der Waals surface area contributed by atoms with Crippen molar-refractivity contribution in [2.45, 2.75) is 267 Å². The lowest BCUT2D eigenvalue weighted by Gasteiger charge is -2.47. The summed E-state index contributed by atoms with van der Waals surface area (Å²) in [5.41, 5.74) is 0. The summed E-state index contributed by atoms with van der Waals surface area (Å²) in [4.78, 5) is 0. The van der Waals surface area contributed by atoms with E-state index in [1.165, 1.54) is 83.7 Å². The van der Waals surface area contributed by atoms with E-state index in [4.69, 9.17) is 41.2 Å². The van der Waals surface area contributed by atoms with Crippen molar-refractivity contribution >= 4 is 93.7 Å². The van der Waals surface area contributed by atoms with Crippen molar-refractivity contribution in [1.29, 1.82) is 0 Å². The van der Waals surface area contributed by atoms with Crippen LogP contribution < -0.4 is 0 Å². The molecule has 404 valence electrons. The fourth-order valence-electron chi connectivity index (χ4n) is 10.2. The summed E-state index contributed by atoms with van der Waals surface area (Å²) >= 11 is 0. The van der Waals surface area contributed by atoms with Gasteiger partial charge in [-0.1, -0.05) is 79.1 Å². The van der Waals surface area contributed by atoms with Gasteiger partial charge in [0, 0.05) is 6.55 Å². The Bertz CT molecular complexity index is 1380. The molecule has 0 rings (SSSR count). The van der Waals surface area contributed by atoms with Gasteiger partial charge in [0.2, 0.25) is 0 Å². The molecule has 0 aromatic heterocycles. The average Bonchev–Trinajstić information content (AvgIpc) is 3.05.